The normalized spacial score (nSPS) is 9.83. The van der Waals surface area contributed by atoms with Crippen molar-refractivity contribution >= 4 is 17.8 Å². The Labute approximate surface area is 109 Å². The van der Waals surface area contributed by atoms with Gasteiger partial charge in [0.2, 0.25) is 0 Å². The maximum absolute atomic E-state index is 11.1. The van der Waals surface area contributed by atoms with Crippen LogP contribution in [0.15, 0.2) is 48.5 Å². The van der Waals surface area contributed by atoms with Gasteiger partial charge in [-0.2, -0.15) is 0 Å². The molecule has 0 heterocycles. The number of aromatic hydroxyl groups is 1. The largest absolute Gasteiger partial charge is 0.508 e. The summed E-state index contributed by atoms with van der Waals surface area (Å²) in [6, 6.07) is 12.6. The standard InChI is InChI=1S/C13H9ClO4/c14-18-13(16)9-1-5-11(6-2-9)17-12-7-3-10(15)4-8-12/h1-8,15H. The fourth-order valence-electron chi connectivity index (χ4n) is 1.35. The summed E-state index contributed by atoms with van der Waals surface area (Å²) in [6.07, 6.45) is 0. The molecule has 0 aliphatic carbocycles. The summed E-state index contributed by atoms with van der Waals surface area (Å²) in [5.74, 6) is 0.697. The van der Waals surface area contributed by atoms with E-state index in [1.54, 1.807) is 36.4 Å². The first kappa shape index (κ1) is 12.3. The van der Waals surface area contributed by atoms with Crippen LogP contribution in [-0.4, -0.2) is 11.1 Å². The number of benzene rings is 2. The predicted octanol–water partition coefficient (Wildman–Crippen LogP) is 3.50. The Balaban J connectivity index is 2.10. The van der Waals surface area contributed by atoms with Crippen molar-refractivity contribution in [3.05, 3.63) is 54.1 Å². The first-order chi connectivity index (χ1) is 8.69. The maximum atomic E-state index is 11.1. The predicted molar refractivity (Wildman–Crippen MR) is 65.9 cm³/mol. The highest BCUT2D eigenvalue weighted by Gasteiger charge is 2.06. The van der Waals surface area contributed by atoms with Crippen LogP contribution in [0.1, 0.15) is 10.4 Å². The third kappa shape index (κ3) is 2.93. The molecule has 0 radical (unpaired) electrons. The van der Waals surface area contributed by atoms with Gasteiger partial charge in [-0.05, 0) is 48.5 Å². The van der Waals surface area contributed by atoms with Crippen LogP contribution in [0.4, 0.5) is 0 Å². The molecule has 2 aromatic carbocycles. The van der Waals surface area contributed by atoms with Crippen LogP contribution in [0.2, 0.25) is 0 Å². The minimum Gasteiger partial charge on any atom is -0.508 e. The number of halogens is 1. The molecule has 0 spiro atoms. The highest BCUT2D eigenvalue weighted by molar-refractivity contribution is 6.15. The minimum absolute atomic E-state index is 0.169. The highest BCUT2D eigenvalue weighted by atomic mass is 35.5. The molecule has 5 heteroatoms. The van der Waals surface area contributed by atoms with Crippen LogP contribution in [-0.2, 0) is 4.29 Å². The van der Waals surface area contributed by atoms with Gasteiger partial charge in [-0.3, -0.25) is 0 Å². The third-order valence-corrected chi connectivity index (χ3v) is 2.37. The second-order valence-electron chi connectivity index (χ2n) is 3.48. The van der Waals surface area contributed by atoms with Gasteiger partial charge in [-0.25, -0.2) is 4.79 Å². The number of phenols is 1. The van der Waals surface area contributed by atoms with E-state index in [9.17, 15) is 4.79 Å². The molecule has 0 aliphatic heterocycles. The molecule has 0 aromatic heterocycles. The Kier molecular flexibility index (Phi) is 3.69. The molecule has 0 saturated carbocycles. The monoisotopic (exact) mass is 264 g/mol. The summed E-state index contributed by atoms with van der Waals surface area (Å²) in [6.45, 7) is 0. The molecule has 0 amide bonds. The lowest BCUT2D eigenvalue weighted by Gasteiger charge is -2.05. The lowest BCUT2D eigenvalue weighted by molar-refractivity contribution is 0.0751. The molecular formula is C13H9ClO4. The smallest absolute Gasteiger partial charge is 0.356 e. The lowest BCUT2D eigenvalue weighted by Crippen LogP contribution is -1.97. The molecule has 0 fully saturated rings. The summed E-state index contributed by atoms with van der Waals surface area (Å²) in [5.41, 5.74) is 0.336. The van der Waals surface area contributed by atoms with Crippen molar-refractivity contribution in [3.63, 3.8) is 0 Å². The Morgan fingerprint density at radius 2 is 1.44 bits per heavy atom. The van der Waals surface area contributed by atoms with Gasteiger partial charge in [0.15, 0.2) is 0 Å². The molecule has 18 heavy (non-hydrogen) atoms. The van der Waals surface area contributed by atoms with Gasteiger partial charge in [0.05, 0.1) is 5.56 Å². The average Bonchev–Trinajstić information content (AvgIpc) is 2.41. The van der Waals surface area contributed by atoms with Gasteiger partial charge >= 0.3 is 5.97 Å². The molecule has 0 atom stereocenters. The SMILES string of the molecule is O=C(OCl)c1ccc(Oc2ccc(O)cc2)cc1. The molecule has 1 N–H and O–H groups in total. The lowest BCUT2D eigenvalue weighted by atomic mass is 10.2. The van der Waals surface area contributed by atoms with Crippen molar-refractivity contribution in [2.24, 2.45) is 0 Å². The van der Waals surface area contributed by atoms with Crippen molar-refractivity contribution in [1.82, 2.24) is 0 Å². The number of rotatable bonds is 3. The van der Waals surface area contributed by atoms with Gasteiger partial charge in [-0.15, -0.1) is 0 Å². The Morgan fingerprint density at radius 1 is 0.944 bits per heavy atom. The first-order valence-electron chi connectivity index (χ1n) is 5.09. The van der Waals surface area contributed by atoms with Gasteiger partial charge in [0.25, 0.3) is 0 Å². The van der Waals surface area contributed by atoms with Crippen LogP contribution >= 0.6 is 11.9 Å². The third-order valence-electron chi connectivity index (χ3n) is 2.23. The van der Waals surface area contributed by atoms with E-state index < -0.39 is 5.97 Å². The van der Waals surface area contributed by atoms with E-state index in [0.29, 0.717) is 17.1 Å². The molecule has 0 aliphatic rings. The van der Waals surface area contributed by atoms with Crippen molar-refractivity contribution in [2.75, 3.05) is 0 Å². The Bertz CT molecular complexity index is 534. The van der Waals surface area contributed by atoms with Crippen LogP contribution in [0, 0.1) is 0 Å². The zero-order valence-electron chi connectivity index (χ0n) is 9.17. The number of hydrogen-bond donors (Lipinski definition) is 1. The van der Waals surface area contributed by atoms with Crippen molar-refractivity contribution in [2.45, 2.75) is 0 Å². The second-order valence-corrected chi connectivity index (χ2v) is 3.64. The molecule has 0 unspecified atom stereocenters. The fourth-order valence-corrected chi connectivity index (χ4v) is 1.44. The van der Waals surface area contributed by atoms with Crippen LogP contribution < -0.4 is 4.74 Å². The van der Waals surface area contributed by atoms with E-state index in [4.69, 9.17) is 21.7 Å². The number of carbonyl (C=O) groups is 1. The summed E-state index contributed by atoms with van der Waals surface area (Å²) in [7, 11) is 0. The van der Waals surface area contributed by atoms with Crippen molar-refractivity contribution < 1.29 is 18.9 Å². The van der Waals surface area contributed by atoms with E-state index in [1.165, 1.54) is 12.1 Å². The number of carbonyl (C=O) groups excluding carboxylic acids is 1. The number of phenolic OH excluding ortho intramolecular Hbond substituents is 1. The minimum atomic E-state index is -0.618. The van der Waals surface area contributed by atoms with Crippen molar-refractivity contribution in [3.8, 4) is 17.2 Å². The van der Waals surface area contributed by atoms with E-state index in [0.717, 1.165) is 0 Å². The van der Waals surface area contributed by atoms with Crippen LogP contribution in [0.5, 0.6) is 17.2 Å². The van der Waals surface area contributed by atoms with Gasteiger partial charge in [0.1, 0.15) is 29.1 Å². The zero-order chi connectivity index (χ0) is 13.0. The van der Waals surface area contributed by atoms with Crippen molar-refractivity contribution in [1.29, 1.82) is 0 Å². The van der Waals surface area contributed by atoms with Gasteiger partial charge < -0.3 is 14.1 Å². The molecule has 92 valence electrons. The second kappa shape index (κ2) is 5.42. The topological polar surface area (TPSA) is 55.8 Å². The molecule has 0 bridgehead atoms. The van der Waals surface area contributed by atoms with E-state index in [1.807, 2.05) is 0 Å². The summed E-state index contributed by atoms with van der Waals surface area (Å²) in [5, 5.41) is 9.13. The Hall–Kier alpha value is -2.20. The highest BCUT2D eigenvalue weighted by Crippen LogP contribution is 2.23. The summed E-state index contributed by atoms with van der Waals surface area (Å²) < 4.78 is 9.58. The molecule has 2 rings (SSSR count). The van der Waals surface area contributed by atoms with E-state index in [2.05, 4.69) is 4.29 Å². The first-order valence-corrected chi connectivity index (χ1v) is 5.40. The quantitative estimate of drug-likeness (QED) is 0.922. The van der Waals surface area contributed by atoms with Gasteiger partial charge in [0, 0.05) is 0 Å². The number of ether oxygens (including phenoxy) is 1. The summed E-state index contributed by atoms with van der Waals surface area (Å²) in [4.78, 5) is 11.1. The average molecular weight is 265 g/mol. The van der Waals surface area contributed by atoms with E-state index in [-0.39, 0.29) is 5.75 Å². The maximum Gasteiger partial charge on any atom is 0.356 e. The molecular weight excluding hydrogens is 256 g/mol. The van der Waals surface area contributed by atoms with Gasteiger partial charge in [-0.1, -0.05) is 0 Å². The molecule has 0 saturated heterocycles. The number of hydrogen-bond acceptors (Lipinski definition) is 4. The summed E-state index contributed by atoms with van der Waals surface area (Å²) >= 11 is 4.97. The van der Waals surface area contributed by atoms with Crippen LogP contribution in [0.25, 0.3) is 0 Å². The van der Waals surface area contributed by atoms with Crippen LogP contribution in [0.3, 0.4) is 0 Å². The zero-order valence-corrected chi connectivity index (χ0v) is 9.92. The fraction of sp³-hybridized carbons (Fsp3) is 0. The Morgan fingerprint density at radius 3 is 1.94 bits per heavy atom. The van der Waals surface area contributed by atoms with E-state index >= 15 is 0 Å². The molecule has 2 aromatic rings. The molecule has 4 nitrogen and oxygen atoms in total.